The first kappa shape index (κ1) is 19.8. The second kappa shape index (κ2) is 8.49. The molecule has 0 bridgehead atoms. The maximum absolute atomic E-state index is 12.6. The van der Waals surface area contributed by atoms with Crippen molar-refractivity contribution in [3.05, 3.63) is 77.0 Å². The number of hydrogen-bond donors (Lipinski definition) is 1. The number of fused-ring (bicyclic) bond motifs is 1. The van der Waals surface area contributed by atoms with Crippen molar-refractivity contribution in [1.82, 2.24) is 9.88 Å². The Morgan fingerprint density at radius 1 is 1.20 bits per heavy atom. The highest BCUT2D eigenvalue weighted by Gasteiger charge is 2.24. The Kier molecular flexibility index (Phi) is 5.61. The first-order valence-corrected chi connectivity index (χ1v) is 9.90. The zero-order valence-corrected chi connectivity index (χ0v) is 17.0. The van der Waals surface area contributed by atoms with Gasteiger partial charge in [0.25, 0.3) is 5.91 Å². The van der Waals surface area contributed by atoms with E-state index in [-0.39, 0.29) is 18.6 Å². The first-order valence-electron chi connectivity index (χ1n) is 9.90. The molecule has 30 heavy (non-hydrogen) atoms. The Morgan fingerprint density at radius 3 is 2.83 bits per heavy atom. The summed E-state index contributed by atoms with van der Waals surface area (Å²) < 4.78 is 18.3. The number of carbonyl (C=O) groups is 2. The summed E-state index contributed by atoms with van der Waals surface area (Å²) in [7, 11) is 0. The normalized spacial score (nSPS) is 15.2. The van der Waals surface area contributed by atoms with Crippen molar-refractivity contribution in [2.45, 2.75) is 32.9 Å². The van der Waals surface area contributed by atoms with Crippen LogP contribution in [-0.2, 0) is 16.1 Å². The van der Waals surface area contributed by atoms with E-state index >= 15 is 0 Å². The predicted molar refractivity (Wildman–Crippen MR) is 109 cm³/mol. The topological polar surface area (TPSA) is 82.7 Å². The maximum Gasteiger partial charge on any atom is 0.340 e. The molecule has 0 aliphatic carbocycles. The second-order valence-corrected chi connectivity index (χ2v) is 7.32. The number of hydrogen-bond acceptors (Lipinski definition) is 5. The van der Waals surface area contributed by atoms with Crippen molar-refractivity contribution in [2.75, 3.05) is 13.2 Å². The molecule has 0 saturated heterocycles. The molecule has 156 valence electrons. The number of aryl methyl sites for hydroxylation is 1. The van der Waals surface area contributed by atoms with E-state index in [1.807, 2.05) is 54.8 Å². The number of nitrogens with one attached hydrogen (secondary N) is 1. The highest BCUT2D eigenvalue weighted by molar-refractivity contribution is 5.92. The van der Waals surface area contributed by atoms with Gasteiger partial charge >= 0.3 is 5.97 Å². The van der Waals surface area contributed by atoms with Crippen molar-refractivity contribution < 1.29 is 23.5 Å². The third-order valence-electron chi connectivity index (χ3n) is 5.32. The van der Waals surface area contributed by atoms with Crippen molar-refractivity contribution in [2.24, 2.45) is 0 Å². The van der Waals surface area contributed by atoms with Gasteiger partial charge in [0, 0.05) is 23.4 Å². The van der Waals surface area contributed by atoms with Crippen LogP contribution in [0, 0.1) is 13.8 Å². The summed E-state index contributed by atoms with van der Waals surface area (Å²) >= 11 is 0. The first-order chi connectivity index (χ1) is 14.5. The molecule has 1 aliphatic heterocycles. The van der Waals surface area contributed by atoms with E-state index in [1.165, 1.54) is 0 Å². The lowest BCUT2D eigenvalue weighted by Gasteiger charge is -2.26. The number of furan rings is 1. The van der Waals surface area contributed by atoms with Crippen LogP contribution in [0.2, 0.25) is 0 Å². The van der Waals surface area contributed by atoms with Crippen LogP contribution in [0.3, 0.4) is 0 Å². The Labute approximate surface area is 174 Å². The molecule has 0 spiro atoms. The smallest absolute Gasteiger partial charge is 0.340 e. The minimum absolute atomic E-state index is 0.153. The van der Waals surface area contributed by atoms with Gasteiger partial charge in [0.05, 0.1) is 31.0 Å². The fraction of sp³-hybridized carbons (Fsp3) is 0.304. The second-order valence-electron chi connectivity index (χ2n) is 7.32. The minimum Gasteiger partial charge on any atom is -0.493 e. The third-order valence-corrected chi connectivity index (χ3v) is 5.32. The van der Waals surface area contributed by atoms with Gasteiger partial charge in [-0.2, -0.15) is 0 Å². The lowest BCUT2D eigenvalue weighted by molar-refractivity contribution is -0.125. The number of para-hydroxylation sites is 1. The van der Waals surface area contributed by atoms with E-state index in [0.29, 0.717) is 25.1 Å². The molecule has 3 aromatic rings. The summed E-state index contributed by atoms with van der Waals surface area (Å²) in [6.45, 7) is 4.50. The predicted octanol–water partition coefficient (Wildman–Crippen LogP) is 3.54. The monoisotopic (exact) mass is 408 g/mol. The summed E-state index contributed by atoms with van der Waals surface area (Å²) in [4.78, 5) is 24.9. The summed E-state index contributed by atoms with van der Waals surface area (Å²) in [6.07, 6.45) is 2.29. The molecule has 3 heterocycles. The number of esters is 1. The minimum atomic E-state index is -0.517. The molecular formula is C23H24N2O5. The Balaban J connectivity index is 1.37. The number of amides is 1. The molecule has 7 heteroatoms. The van der Waals surface area contributed by atoms with Crippen molar-refractivity contribution >= 4 is 11.9 Å². The van der Waals surface area contributed by atoms with E-state index in [1.54, 1.807) is 12.3 Å². The van der Waals surface area contributed by atoms with Crippen LogP contribution in [0.15, 0.2) is 53.1 Å². The SMILES string of the molecule is Cc1cc(C(=O)OCC(=O)NC2CCOc3ccccc32)c(C)n1Cc1ccco1. The van der Waals surface area contributed by atoms with Crippen molar-refractivity contribution in [3.8, 4) is 5.75 Å². The van der Waals surface area contributed by atoms with Crippen LogP contribution >= 0.6 is 0 Å². The standard InChI is InChI=1S/C23H24N2O5/c1-15-12-19(16(2)25(15)13-17-6-5-10-28-17)23(27)30-14-22(26)24-20-9-11-29-21-8-4-3-7-18(20)21/h3-8,10,12,20H,9,11,13-14H2,1-2H3,(H,24,26). The molecule has 2 aromatic heterocycles. The van der Waals surface area contributed by atoms with Gasteiger partial charge in [-0.25, -0.2) is 4.79 Å². The highest BCUT2D eigenvalue weighted by atomic mass is 16.5. The van der Waals surface area contributed by atoms with Crippen molar-refractivity contribution in [3.63, 3.8) is 0 Å². The van der Waals surface area contributed by atoms with Gasteiger partial charge < -0.3 is 23.8 Å². The van der Waals surface area contributed by atoms with Crippen LogP contribution in [0.4, 0.5) is 0 Å². The van der Waals surface area contributed by atoms with Gasteiger partial charge in [0.1, 0.15) is 11.5 Å². The molecule has 1 atom stereocenters. The van der Waals surface area contributed by atoms with Crippen LogP contribution in [0.25, 0.3) is 0 Å². The van der Waals surface area contributed by atoms with E-state index < -0.39 is 5.97 Å². The number of nitrogens with zero attached hydrogens (tertiary/aromatic N) is 1. The van der Waals surface area contributed by atoms with E-state index in [2.05, 4.69) is 5.32 Å². The molecule has 0 radical (unpaired) electrons. The van der Waals surface area contributed by atoms with Gasteiger partial charge in [-0.1, -0.05) is 18.2 Å². The Bertz CT molecular complexity index is 1050. The number of rotatable bonds is 6. The van der Waals surface area contributed by atoms with E-state index in [4.69, 9.17) is 13.9 Å². The average molecular weight is 408 g/mol. The summed E-state index contributed by atoms with van der Waals surface area (Å²) in [5.41, 5.74) is 3.07. The fourth-order valence-electron chi connectivity index (χ4n) is 3.75. The molecule has 0 fully saturated rings. The summed E-state index contributed by atoms with van der Waals surface area (Å²) in [5.74, 6) is 0.716. The third kappa shape index (κ3) is 4.10. The molecule has 7 nitrogen and oxygen atoms in total. The van der Waals surface area contributed by atoms with Gasteiger partial charge in [0.15, 0.2) is 6.61 Å². The van der Waals surface area contributed by atoms with E-state index in [9.17, 15) is 9.59 Å². The molecule has 4 rings (SSSR count). The average Bonchev–Trinajstić information content (AvgIpc) is 3.36. The van der Waals surface area contributed by atoms with Gasteiger partial charge in [0.2, 0.25) is 0 Å². The van der Waals surface area contributed by atoms with Crippen molar-refractivity contribution in [1.29, 1.82) is 0 Å². The summed E-state index contributed by atoms with van der Waals surface area (Å²) in [5, 5.41) is 2.93. The van der Waals surface area contributed by atoms with Gasteiger partial charge in [-0.15, -0.1) is 0 Å². The summed E-state index contributed by atoms with van der Waals surface area (Å²) in [6, 6.07) is 12.9. The maximum atomic E-state index is 12.6. The largest absolute Gasteiger partial charge is 0.493 e. The number of aromatic nitrogens is 1. The molecule has 1 N–H and O–H groups in total. The lowest BCUT2D eigenvalue weighted by Crippen LogP contribution is -2.35. The van der Waals surface area contributed by atoms with Crippen LogP contribution in [0.1, 0.15) is 45.5 Å². The number of carbonyl (C=O) groups excluding carboxylic acids is 2. The van der Waals surface area contributed by atoms with E-state index in [0.717, 1.165) is 28.5 Å². The van der Waals surface area contributed by atoms with Crippen LogP contribution < -0.4 is 10.1 Å². The molecule has 1 aromatic carbocycles. The number of ether oxygens (including phenoxy) is 2. The Hall–Kier alpha value is -3.48. The lowest BCUT2D eigenvalue weighted by atomic mass is 10.0. The molecule has 1 amide bonds. The van der Waals surface area contributed by atoms with Crippen LogP contribution in [-0.4, -0.2) is 29.7 Å². The molecular weight excluding hydrogens is 384 g/mol. The molecule has 1 aliphatic rings. The van der Waals surface area contributed by atoms with Crippen LogP contribution in [0.5, 0.6) is 5.75 Å². The fourth-order valence-corrected chi connectivity index (χ4v) is 3.75. The quantitative estimate of drug-likeness (QED) is 0.631. The van der Waals surface area contributed by atoms with Gasteiger partial charge in [-0.05, 0) is 38.1 Å². The molecule has 0 saturated carbocycles. The Morgan fingerprint density at radius 2 is 2.03 bits per heavy atom. The zero-order chi connectivity index (χ0) is 21.1. The highest BCUT2D eigenvalue weighted by Crippen LogP contribution is 2.31. The number of benzene rings is 1. The molecule has 1 unspecified atom stereocenters. The zero-order valence-electron chi connectivity index (χ0n) is 17.0. The van der Waals surface area contributed by atoms with Gasteiger partial charge in [-0.3, -0.25) is 4.79 Å².